The van der Waals surface area contributed by atoms with Crippen molar-refractivity contribution in [3.8, 4) is 17.6 Å². The van der Waals surface area contributed by atoms with Gasteiger partial charge in [-0.1, -0.05) is 45.6 Å². The van der Waals surface area contributed by atoms with Gasteiger partial charge in [0.25, 0.3) is 5.91 Å². The van der Waals surface area contributed by atoms with Crippen LogP contribution in [0, 0.1) is 11.8 Å². The van der Waals surface area contributed by atoms with Gasteiger partial charge >= 0.3 is 12.1 Å². The van der Waals surface area contributed by atoms with E-state index in [9.17, 15) is 22.8 Å². The van der Waals surface area contributed by atoms with E-state index < -0.39 is 18.7 Å². The Balaban J connectivity index is 0.00000171. The van der Waals surface area contributed by atoms with Crippen molar-refractivity contribution in [1.82, 2.24) is 14.8 Å². The minimum Gasteiger partial charge on any atom is -0.495 e. The summed E-state index contributed by atoms with van der Waals surface area (Å²) in [6, 6.07) is 12.2. The number of aliphatic carboxylic acids is 1. The van der Waals surface area contributed by atoms with E-state index in [4.69, 9.17) is 15.6 Å². The number of unbranched alkanes of at least 4 members (excludes halogenated alkanes) is 3. The van der Waals surface area contributed by atoms with Crippen LogP contribution in [0.4, 0.5) is 24.5 Å². The number of carbonyl (C=O) groups excluding carboxylic acids is 1. The fourth-order valence-electron chi connectivity index (χ4n) is 5.75. The number of methoxy groups -OCH3 is 1. The summed E-state index contributed by atoms with van der Waals surface area (Å²) in [6.07, 6.45) is 1.34. The number of amides is 1. The number of nitrogens with one attached hydrogen (secondary N) is 3. The molecule has 0 saturated carbocycles. The predicted octanol–water partition coefficient (Wildman–Crippen LogP) is 6.94. The Morgan fingerprint density at radius 3 is 2.35 bits per heavy atom. The SMILES string of the molecule is CC.CCN.CNC(=O)c1ccc(NCC#Cc2cc3c(NC4CCN(CCCCCCC(=O)O)CC4)cccc3n2CC(F)(F)F)c(OC)c1. The summed E-state index contributed by atoms with van der Waals surface area (Å²) in [5, 5.41) is 18.7. The van der Waals surface area contributed by atoms with Crippen LogP contribution < -0.4 is 26.4 Å². The van der Waals surface area contributed by atoms with E-state index in [0.717, 1.165) is 64.0 Å². The van der Waals surface area contributed by atoms with E-state index in [0.29, 0.717) is 34.3 Å². The number of carbonyl (C=O) groups is 2. The molecule has 0 unspecified atom stereocenters. The Hall–Kier alpha value is -4.41. The standard InChI is InChI=1S/C34H42F3N5O4.C2H7N.C2H6/c1-38-33(45)24-13-14-29(31(21-24)46-2)39-17-8-9-26-22-27-28(10-7-11-30(27)42(26)23-34(35,36)37)40-25-15-19-41(20-16-25)18-6-4-3-5-12-32(43)44;1-2-3;1-2/h7,10-11,13-14,21-22,25,39-40H,3-6,12,15-20,23H2,1-2H3,(H,38,45)(H,43,44);2-3H2,1H3;1-2H3. The molecule has 51 heavy (non-hydrogen) atoms. The number of benzene rings is 2. The molecule has 2 aromatic carbocycles. The molecule has 0 radical (unpaired) electrons. The lowest BCUT2D eigenvalue weighted by atomic mass is 10.0. The molecule has 2 heterocycles. The first-order chi connectivity index (χ1) is 24.5. The van der Waals surface area contributed by atoms with Crippen molar-refractivity contribution in [3.63, 3.8) is 0 Å². The molecule has 3 aromatic rings. The van der Waals surface area contributed by atoms with E-state index in [1.54, 1.807) is 36.4 Å². The molecule has 0 atom stereocenters. The second-order valence-corrected chi connectivity index (χ2v) is 11.8. The lowest BCUT2D eigenvalue weighted by Gasteiger charge is -2.33. The van der Waals surface area contributed by atoms with Crippen molar-refractivity contribution >= 4 is 34.2 Å². The highest BCUT2D eigenvalue weighted by Gasteiger charge is 2.30. The predicted molar refractivity (Wildman–Crippen MR) is 200 cm³/mol. The highest BCUT2D eigenvalue weighted by atomic mass is 19.4. The smallest absolute Gasteiger partial charge is 0.406 e. The average Bonchev–Trinajstić information content (AvgIpc) is 3.46. The highest BCUT2D eigenvalue weighted by molar-refractivity contribution is 5.95. The molecule has 0 bridgehead atoms. The van der Waals surface area contributed by atoms with Crippen molar-refractivity contribution in [1.29, 1.82) is 0 Å². The molecule has 10 nitrogen and oxygen atoms in total. The molecule has 0 spiro atoms. The van der Waals surface area contributed by atoms with Gasteiger partial charge in [-0.3, -0.25) is 9.59 Å². The lowest BCUT2D eigenvalue weighted by Crippen LogP contribution is -2.39. The van der Waals surface area contributed by atoms with Gasteiger partial charge in [-0.2, -0.15) is 13.2 Å². The second kappa shape index (κ2) is 22.4. The van der Waals surface area contributed by atoms with Crippen LogP contribution in [-0.4, -0.2) is 85.5 Å². The number of hydrogen-bond acceptors (Lipinski definition) is 7. The molecule has 4 rings (SSSR count). The van der Waals surface area contributed by atoms with Crippen LogP contribution in [0.15, 0.2) is 42.5 Å². The maximum Gasteiger partial charge on any atom is 0.406 e. The highest BCUT2D eigenvalue weighted by Crippen LogP contribution is 2.31. The van der Waals surface area contributed by atoms with Crippen molar-refractivity contribution in [2.75, 3.05) is 57.5 Å². The molecule has 1 amide bonds. The Kier molecular flexibility index (Phi) is 18.8. The molecule has 282 valence electrons. The Labute approximate surface area is 300 Å². The van der Waals surface area contributed by atoms with Gasteiger partial charge in [0.15, 0.2) is 0 Å². The molecule has 1 saturated heterocycles. The molecule has 1 aliphatic rings. The monoisotopic (exact) mass is 716 g/mol. The number of fused-ring (bicyclic) bond motifs is 1. The average molecular weight is 717 g/mol. The summed E-state index contributed by atoms with van der Waals surface area (Å²) in [4.78, 5) is 25.0. The van der Waals surface area contributed by atoms with E-state index in [2.05, 4.69) is 32.7 Å². The van der Waals surface area contributed by atoms with Crippen molar-refractivity contribution in [2.24, 2.45) is 5.73 Å². The maximum atomic E-state index is 13.7. The first-order valence-electron chi connectivity index (χ1n) is 17.7. The third-order valence-electron chi connectivity index (χ3n) is 8.12. The molecule has 1 fully saturated rings. The number of nitrogens with two attached hydrogens (primary N) is 1. The number of piperidine rings is 1. The Morgan fingerprint density at radius 2 is 1.73 bits per heavy atom. The number of ether oxygens (including phenoxy) is 1. The quantitative estimate of drug-likeness (QED) is 0.0896. The summed E-state index contributed by atoms with van der Waals surface area (Å²) in [7, 11) is 3.02. The number of carboxylic acid groups (broad SMARTS) is 1. The number of aromatic nitrogens is 1. The lowest BCUT2D eigenvalue weighted by molar-refractivity contribution is -0.140. The normalized spacial score (nSPS) is 13.1. The summed E-state index contributed by atoms with van der Waals surface area (Å²) in [5.74, 6) is 5.32. The first kappa shape index (κ1) is 42.8. The van der Waals surface area contributed by atoms with Gasteiger partial charge in [0.2, 0.25) is 0 Å². The molecule has 13 heteroatoms. The van der Waals surface area contributed by atoms with Crippen LogP contribution in [0.5, 0.6) is 5.75 Å². The number of likely N-dealkylation sites (tertiary alicyclic amines) is 1. The molecule has 6 N–H and O–H groups in total. The van der Waals surface area contributed by atoms with Gasteiger partial charge in [-0.25, -0.2) is 0 Å². The van der Waals surface area contributed by atoms with E-state index in [1.807, 2.05) is 26.8 Å². The third-order valence-corrected chi connectivity index (χ3v) is 8.12. The van der Waals surface area contributed by atoms with Gasteiger partial charge in [-0.15, -0.1) is 0 Å². The number of rotatable bonds is 14. The van der Waals surface area contributed by atoms with Gasteiger partial charge in [0.1, 0.15) is 12.3 Å². The number of halogens is 3. The van der Waals surface area contributed by atoms with E-state index in [1.165, 1.54) is 18.7 Å². The zero-order valence-corrected chi connectivity index (χ0v) is 30.6. The number of alkyl halides is 3. The van der Waals surface area contributed by atoms with Crippen LogP contribution in [0.2, 0.25) is 0 Å². The van der Waals surface area contributed by atoms with Crippen LogP contribution >= 0.6 is 0 Å². The number of carboxylic acids is 1. The van der Waals surface area contributed by atoms with Gasteiger partial charge in [0, 0.05) is 49.2 Å². The van der Waals surface area contributed by atoms with Crippen LogP contribution in [0.3, 0.4) is 0 Å². The van der Waals surface area contributed by atoms with E-state index >= 15 is 0 Å². The van der Waals surface area contributed by atoms with Crippen LogP contribution in [0.1, 0.15) is 81.8 Å². The number of hydrogen-bond donors (Lipinski definition) is 5. The zero-order chi connectivity index (χ0) is 37.8. The van der Waals surface area contributed by atoms with Crippen molar-refractivity contribution < 1.29 is 32.6 Å². The molecular weight excluding hydrogens is 661 g/mol. The fraction of sp³-hybridized carbons (Fsp3) is 0.526. The number of nitrogens with zero attached hydrogens (tertiary/aromatic N) is 2. The fourth-order valence-corrected chi connectivity index (χ4v) is 5.75. The second-order valence-electron chi connectivity index (χ2n) is 11.8. The summed E-state index contributed by atoms with van der Waals surface area (Å²) < 4.78 is 47.6. The van der Waals surface area contributed by atoms with Crippen molar-refractivity contribution in [3.05, 3.63) is 53.7 Å². The zero-order valence-electron chi connectivity index (χ0n) is 30.6. The van der Waals surface area contributed by atoms with Gasteiger partial charge in [0.05, 0.1) is 30.6 Å². The molecule has 0 aliphatic carbocycles. The van der Waals surface area contributed by atoms with Crippen LogP contribution in [-0.2, 0) is 11.3 Å². The Morgan fingerprint density at radius 1 is 1.04 bits per heavy atom. The molecule has 1 aliphatic heterocycles. The number of anilines is 2. The minimum absolute atomic E-state index is 0.148. The van der Waals surface area contributed by atoms with Crippen LogP contribution in [0.25, 0.3) is 10.9 Å². The molecular formula is C38H55F3N6O4. The maximum absolute atomic E-state index is 13.7. The third kappa shape index (κ3) is 14.4. The molecule has 1 aromatic heterocycles. The Bertz CT molecular complexity index is 1570. The van der Waals surface area contributed by atoms with E-state index in [-0.39, 0.29) is 30.6 Å². The topological polar surface area (TPSA) is 134 Å². The summed E-state index contributed by atoms with van der Waals surface area (Å²) >= 11 is 0. The van der Waals surface area contributed by atoms with Crippen molar-refractivity contribution in [2.45, 2.75) is 84.5 Å². The summed E-state index contributed by atoms with van der Waals surface area (Å²) in [6.45, 7) is 8.50. The van der Waals surface area contributed by atoms with Gasteiger partial charge in [-0.05, 0) is 81.1 Å². The minimum atomic E-state index is -4.42. The first-order valence-corrected chi connectivity index (χ1v) is 17.7. The largest absolute Gasteiger partial charge is 0.495 e. The van der Waals surface area contributed by atoms with Gasteiger partial charge < -0.3 is 41.0 Å². The summed E-state index contributed by atoms with van der Waals surface area (Å²) in [5.41, 5.74) is 7.41.